The number of carbonyl (C=O) groups excluding carboxylic acids is 1. The minimum atomic E-state index is -0.982. The Morgan fingerprint density at radius 2 is 2.16 bits per heavy atom. The van der Waals surface area contributed by atoms with Crippen LogP contribution in [0.5, 0.6) is 0 Å². The van der Waals surface area contributed by atoms with Crippen molar-refractivity contribution in [2.45, 2.75) is 57.2 Å². The van der Waals surface area contributed by atoms with E-state index in [1.54, 1.807) is 11.8 Å². The molecule has 0 aromatic rings. The molecule has 19 heavy (non-hydrogen) atoms. The number of nitrogens with zero attached hydrogens (tertiary/aromatic N) is 1. The number of ether oxygens (including phenoxy) is 1. The fraction of sp³-hybridized carbons (Fsp3) is 0.846. The molecule has 3 atom stereocenters. The zero-order chi connectivity index (χ0) is 13.8. The summed E-state index contributed by atoms with van der Waals surface area (Å²) in [5.74, 6) is -0.982. The van der Waals surface area contributed by atoms with E-state index in [2.05, 4.69) is 5.32 Å². The van der Waals surface area contributed by atoms with Gasteiger partial charge in [0.05, 0.1) is 18.8 Å². The number of urea groups is 1. The van der Waals surface area contributed by atoms with E-state index in [4.69, 9.17) is 9.84 Å². The first kappa shape index (κ1) is 14.1. The number of aliphatic carboxylic acids is 1. The number of hydrogen-bond acceptors (Lipinski definition) is 3. The predicted molar refractivity (Wildman–Crippen MR) is 68.9 cm³/mol. The van der Waals surface area contributed by atoms with Crippen molar-refractivity contribution in [2.75, 3.05) is 13.2 Å². The second-order valence-corrected chi connectivity index (χ2v) is 5.20. The number of amides is 2. The Balaban J connectivity index is 1.98. The van der Waals surface area contributed by atoms with E-state index in [1.807, 2.05) is 0 Å². The van der Waals surface area contributed by atoms with Gasteiger partial charge in [0.25, 0.3) is 0 Å². The molecule has 0 radical (unpaired) electrons. The maximum Gasteiger partial charge on any atom is 0.326 e. The van der Waals surface area contributed by atoms with Crippen molar-refractivity contribution in [2.24, 2.45) is 0 Å². The summed E-state index contributed by atoms with van der Waals surface area (Å²) in [6, 6.07) is -0.972. The van der Waals surface area contributed by atoms with Gasteiger partial charge >= 0.3 is 12.0 Å². The largest absolute Gasteiger partial charge is 0.480 e. The minimum Gasteiger partial charge on any atom is -0.480 e. The van der Waals surface area contributed by atoms with Crippen molar-refractivity contribution in [3.8, 4) is 0 Å². The molecule has 0 aromatic carbocycles. The van der Waals surface area contributed by atoms with Crippen LogP contribution in [0.3, 0.4) is 0 Å². The van der Waals surface area contributed by atoms with Crippen molar-refractivity contribution in [1.29, 1.82) is 0 Å². The van der Waals surface area contributed by atoms with Gasteiger partial charge in [0.2, 0.25) is 0 Å². The molecule has 108 valence electrons. The normalized spacial score (nSPS) is 28.4. The lowest BCUT2D eigenvalue weighted by Crippen LogP contribution is -2.59. The van der Waals surface area contributed by atoms with Crippen LogP contribution in [0.4, 0.5) is 4.79 Å². The van der Waals surface area contributed by atoms with E-state index in [1.165, 1.54) is 0 Å². The lowest BCUT2D eigenvalue weighted by atomic mass is 9.90. The smallest absolute Gasteiger partial charge is 0.326 e. The monoisotopic (exact) mass is 270 g/mol. The highest BCUT2D eigenvalue weighted by atomic mass is 16.5. The van der Waals surface area contributed by atoms with Crippen LogP contribution in [-0.2, 0) is 9.53 Å². The van der Waals surface area contributed by atoms with Crippen LogP contribution >= 0.6 is 0 Å². The summed E-state index contributed by atoms with van der Waals surface area (Å²) in [7, 11) is 0. The zero-order valence-electron chi connectivity index (χ0n) is 11.3. The van der Waals surface area contributed by atoms with Crippen LogP contribution in [0.2, 0.25) is 0 Å². The topological polar surface area (TPSA) is 78.9 Å². The third-order valence-electron chi connectivity index (χ3n) is 4.00. The molecule has 2 amide bonds. The van der Waals surface area contributed by atoms with Crippen LogP contribution in [0.1, 0.15) is 39.0 Å². The highest BCUT2D eigenvalue weighted by Crippen LogP contribution is 2.28. The molecule has 0 spiro atoms. The van der Waals surface area contributed by atoms with Crippen LogP contribution in [-0.4, -0.2) is 53.3 Å². The van der Waals surface area contributed by atoms with Gasteiger partial charge in [-0.3, -0.25) is 0 Å². The van der Waals surface area contributed by atoms with E-state index < -0.39 is 12.0 Å². The van der Waals surface area contributed by atoms with Gasteiger partial charge in [-0.05, 0) is 19.3 Å². The third kappa shape index (κ3) is 3.18. The lowest BCUT2D eigenvalue weighted by molar-refractivity contribution is -0.139. The molecule has 1 aliphatic heterocycles. The molecule has 1 heterocycles. The maximum atomic E-state index is 12.2. The zero-order valence-corrected chi connectivity index (χ0v) is 11.3. The van der Waals surface area contributed by atoms with Crippen LogP contribution in [0.15, 0.2) is 0 Å². The van der Waals surface area contributed by atoms with Gasteiger partial charge in [0, 0.05) is 6.54 Å². The fourth-order valence-corrected chi connectivity index (χ4v) is 2.92. The van der Waals surface area contributed by atoms with E-state index in [9.17, 15) is 9.59 Å². The molecular weight excluding hydrogens is 248 g/mol. The van der Waals surface area contributed by atoms with Crippen molar-refractivity contribution < 1.29 is 19.4 Å². The van der Waals surface area contributed by atoms with Crippen molar-refractivity contribution in [3.05, 3.63) is 0 Å². The fourth-order valence-electron chi connectivity index (χ4n) is 2.92. The second-order valence-electron chi connectivity index (χ2n) is 5.20. The summed E-state index contributed by atoms with van der Waals surface area (Å²) >= 11 is 0. The summed E-state index contributed by atoms with van der Waals surface area (Å²) in [6.45, 7) is 2.84. The third-order valence-corrected chi connectivity index (χ3v) is 4.00. The summed E-state index contributed by atoms with van der Waals surface area (Å²) in [5, 5.41) is 11.6. The summed E-state index contributed by atoms with van der Waals surface area (Å²) in [6.07, 6.45) is 4.69. The molecule has 0 aromatic heterocycles. The van der Waals surface area contributed by atoms with E-state index in [0.29, 0.717) is 19.6 Å². The number of carboxylic acids is 1. The molecule has 2 N–H and O–H groups in total. The average Bonchev–Trinajstić information content (AvgIpc) is 2.43. The Kier molecular flexibility index (Phi) is 4.63. The average molecular weight is 270 g/mol. The number of carbonyl (C=O) groups is 2. The predicted octanol–water partition coefficient (Wildman–Crippen LogP) is 1.20. The Bertz CT molecular complexity index is 346. The SMILES string of the molecule is CCC(NC(=O)N1CCOC2CCCCC21)C(=O)O. The van der Waals surface area contributed by atoms with Crippen LogP contribution in [0, 0.1) is 0 Å². The quantitative estimate of drug-likeness (QED) is 0.807. The highest BCUT2D eigenvalue weighted by Gasteiger charge is 2.37. The number of rotatable bonds is 3. The van der Waals surface area contributed by atoms with Crippen LogP contribution < -0.4 is 5.32 Å². The molecule has 1 saturated carbocycles. The van der Waals surface area contributed by atoms with E-state index in [0.717, 1.165) is 25.7 Å². The van der Waals surface area contributed by atoms with Gasteiger partial charge in [-0.2, -0.15) is 0 Å². The van der Waals surface area contributed by atoms with Gasteiger partial charge in [0.1, 0.15) is 6.04 Å². The molecule has 2 fully saturated rings. The van der Waals surface area contributed by atoms with Crippen molar-refractivity contribution in [3.63, 3.8) is 0 Å². The van der Waals surface area contributed by atoms with Gasteiger partial charge in [-0.15, -0.1) is 0 Å². The van der Waals surface area contributed by atoms with Gasteiger partial charge < -0.3 is 20.1 Å². The Morgan fingerprint density at radius 1 is 1.42 bits per heavy atom. The molecule has 6 nitrogen and oxygen atoms in total. The first-order valence-electron chi connectivity index (χ1n) is 7.05. The molecule has 1 saturated heterocycles. The Labute approximate surface area is 113 Å². The Morgan fingerprint density at radius 3 is 2.84 bits per heavy atom. The Hall–Kier alpha value is -1.30. The number of hydrogen-bond donors (Lipinski definition) is 2. The number of fused-ring (bicyclic) bond motifs is 1. The number of morpholine rings is 1. The van der Waals surface area contributed by atoms with E-state index >= 15 is 0 Å². The molecule has 3 unspecified atom stereocenters. The first-order chi connectivity index (χ1) is 9.13. The maximum absolute atomic E-state index is 12.2. The molecule has 6 heteroatoms. The van der Waals surface area contributed by atoms with Crippen molar-refractivity contribution >= 4 is 12.0 Å². The summed E-state index contributed by atoms with van der Waals surface area (Å²) in [5.41, 5.74) is 0. The molecule has 0 bridgehead atoms. The van der Waals surface area contributed by atoms with Crippen LogP contribution in [0.25, 0.3) is 0 Å². The minimum absolute atomic E-state index is 0.105. The lowest BCUT2D eigenvalue weighted by Gasteiger charge is -2.43. The molecule has 2 aliphatic rings. The van der Waals surface area contributed by atoms with Gasteiger partial charge in [-0.1, -0.05) is 19.8 Å². The van der Waals surface area contributed by atoms with Crippen molar-refractivity contribution in [1.82, 2.24) is 10.2 Å². The summed E-state index contributed by atoms with van der Waals surface area (Å²) in [4.78, 5) is 25.0. The second kappa shape index (κ2) is 6.23. The standard InChI is InChI=1S/C13H22N2O4/c1-2-9(12(16)17)14-13(18)15-7-8-19-11-6-4-3-5-10(11)15/h9-11H,2-8H2,1H3,(H,14,18)(H,16,17). The number of nitrogens with one attached hydrogen (secondary N) is 1. The first-order valence-corrected chi connectivity index (χ1v) is 7.05. The molecular formula is C13H22N2O4. The van der Waals surface area contributed by atoms with Gasteiger partial charge in [-0.25, -0.2) is 9.59 Å². The summed E-state index contributed by atoms with van der Waals surface area (Å²) < 4.78 is 5.70. The molecule has 2 rings (SSSR count). The molecule has 1 aliphatic carbocycles. The van der Waals surface area contributed by atoms with Gasteiger partial charge in [0.15, 0.2) is 0 Å². The van der Waals surface area contributed by atoms with E-state index in [-0.39, 0.29) is 18.2 Å². The highest BCUT2D eigenvalue weighted by molar-refractivity contribution is 5.82. The number of carboxylic acid groups (broad SMARTS) is 1.